The first kappa shape index (κ1) is 115. The van der Waals surface area contributed by atoms with Crippen LogP contribution in [-0.4, -0.2) is 355 Å². The van der Waals surface area contributed by atoms with Crippen molar-refractivity contribution in [3.63, 3.8) is 0 Å². The Bertz CT molecular complexity index is 6320. The second kappa shape index (κ2) is 55.3. The standard InChI is InChI=1S/C93H125N23O26S2.In/c1-10-69(87(130)96-23-21-94-75(118)14-12-38-141-63-40-56(3)83(57(4)41-63)143(137,138)108-71(89(132)133)48-102-85(128)67-51-110(8)73-44-61(16-18-65(73)81(67)126)46-104-91-98-25-26-99-91)106-77(120)20-29-116(78(121)53-113-32-36-114(54-79(122)123)34-30-112(50-60(7)117)31-35-115(37-33-113)55-80(124)125)93(136)107-70(11-2)88(131)97-24-22-95-76(119)15-13-39-142-64-42-58(5)84(59(6)43-64)144(139,140)109-72(90(134)135)49-103-86(129)68-52-111(9)74-45-62(17-19-66(74)82(68)127)47-105-92-100-27-28-101-92;/h16-19,25-28,40-45,51-52,69-72,108-109,117H,7,10-15,20-24,29-39,46-50,53-55H2,1-6,8-9H3,(H,94,118)(H,95,119)(H,96,130)(H,97,131)(H,102,128)(H,103,129)(H,106,120)(H,107,136)(H,122,123)(H,124,125)(H,132,133)(H,134,135)(H2,98,99,104)(H2,100,101,105);/q;+1/p-1/t69?,70?,71-,72-;/m0./s1. The second-order valence-corrected chi connectivity index (χ2v) is 38.4. The SMILES string of the molecule is C=C(O)CN1CCN(CC(=O)O)CCN(CC(=O)N(CCC(=O)NC(CC)C(=O)NCCNC(=O)CCCOc2cc(C)c(S(=O)(=O)N[C@@H](CNC(=O)c3cn(C)c4cc(CNc5ncc[nH]5)ccc4c3=O)C(=O)O)c(C)c2)C(=O)NC(CC)C(=O)NCCNC(=O)CCCOc2cc(C)c(S(=O)(=O)N[C@@H](CNC(=O)c3cn(C)c4cc(CNc5ncc[nH]5)ccc4c3=O)C(=O)O)c(C)c2)CCN(CC(=O)[O][In])CC1. The van der Waals surface area contributed by atoms with Crippen molar-refractivity contribution in [1.29, 1.82) is 0 Å². The number of aryl methyl sites for hydroxylation is 6. The number of aliphatic carboxylic acids is 3. The number of rotatable bonds is 53. The number of aliphatic hydroxyl groups excluding tert-OH is 1. The number of ether oxygens (including phenoxy) is 2. The van der Waals surface area contributed by atoms with Gasteiger partial charge in [-0.1, -0.05) is 26.0 Å². The summed E-state index contributed by atoms with van der Waals surface area (Å²) >= 11 is 0.174. The van der Waals surface area contributed by atoms with Crippen LogP contribution in [0, 0.1) is 27.7 Å². The van der Waals surface area contributed by atoms with Crippen LogP contribution in [0.25, 0.3) is 21.8 Å². The summed E-state index contributed by atoms with van der Waals surface area (Å²) in [5.74, 6) is -9.31. The van der Waals surface area contributed by atoms with Crippen LogP contribution in [-0.2, 0) is 98.0 Å². The number of nitrogens with zero attached hydrogens (tertiary/aromatic N) is 9. The zero-order valence-electron chi connectivity index (χ0n) is 81.7. The molecular weight excluding hydrogens is 2030 g/mol. The van der Waals surface area contributed by atoms with Gasteiger partial charge in [-0.2, -0.15) is 9.44 Å². The number of carboxylic acids is 3. The first-order chi connectivity index (χ1) is 68.9. The van der Waals surface area contributed by atoms with Crippen LogP contribution in [0.4, 0.5) is 16.7 Å². The molecule has 0 saturated carbocycles. The van der Waals surface area contributed by atoms with Crippen LogP contribution in [0.3, 0.4) is 0 Å². The summed E-state index contributed by atoms with van der Waals surface area (Å²) < 4.78 is 79.7. The molecule has 49 nitrogen and oxygen atoms in total. The van der Waals surface area contributed by atoms with E-state index in [1.165, 1.54) is 64.4 Å². The third kappa shape index (κ3) is 35.0. The van der Waals surface area contributed by atoms with Gasteiger partial charge in [-0.3, -0.25) is 57.5 Å². The number of benzene rings is 4. The quantitative estimate of drug-likeness (QED) is 0.0172. The van der Waals surface area contributed by atoms with Crippen LogP contribution in [0.5, 0.6) is 11.5 Å². The average molecular weight is 2160 g/mol. The normalized spacial score (nSPS) is 13.9. The molecule has 782 valence electrons. The van der Waals surface area contributed by atoms with Crippen molar-refractivity contribution in [2.45, 2.75) is 134 Å². The molecule has 145 heavy (non-hydrogen) atoms. The number of H-pyrrole nitrogens is 2. The minimum atomic E-state index is -4.59. The van der Waals surface area contributed by atoms with Crippen molar-refractivity contribution in [2.24, 2.45) is 14.1 Å². The Kier molecular flexibility index (Phi) is 43.7. The van der Waals surface area contributed by atoms with E-state index >= 15 is 0 Å². The first-order valence-electron chi connectivity index (χ1n) is 46.6. The molecule has 8 aromatic rings. The van der Waals surface area contributed by atoms with Crippen LogP contribution in [0.15, 0.2) is 130 Å². The van der Waals surface area contributed by atoms with Crippen LogP contribution in [0.1, 0.15) is 113 Å². The van der Waals surface area contributed by atoms with E-state index in [0.717, 1.165) is 16.0 Å². The third-order valence-electron chi connectivity index (χ3n) is 23.3. The molecule has 18 N–H and O–H groups in total. The van der Waals surface area contributed by atoms with Crippen molar-refractivity contribution in [1.82, 2.24) is 106 Å². The number of fused-ring (bicyclic) bond motifs is 2. The molecule has 9 rings (SSSR count). The molecule has 1 aliphatic rings. The number of aliphatic hydroxyl groups is 1. The fourth-order valence-corrected chi connectivity index (χ4v) is 19.4. The van der Waals surface area contributed by atoms with E-state index in [1.807, 2.05) is 4.90 Å². The summed E-state index contributed by atoms with van der Waals surface area (Å²) in [6.45, 7) is 11.2. The number of aromatic nitrogens is 6. The Morgan fingerprint density at radius 3 is 1.28 bits per heavy atom. The van der Waals surface area contributed by atoms with E-state index in [-0.39, 0.29) is 233 Å². The molecule has 5 heterocycles. The molecule has 4 atom stereocenters. The molecule has 1 fully saturated rings. The number of amides is 10. The molecule has 10 amide bonds. The van der Waals surface area contributed by atoms with E-state index in [4.69, 9.17) is 12.3 Å². The number of carbonyl (C=O) groups excluding carboxylic acids is 10. The molecule has 0 spiro atoms. The fourth-order valence-electron chi connectivity index (χ4n) is 15.9. The Balaban J connectivity index is 0.735. The summed E-state index contributed by atoms with van der Waals surface area (Å²) in [4.78, 5) is 222. The summed E-state index contributed by atoms with van der Waals surface area (Å²) in [6.07, 6.45) is 8.72. The average Bonchev–Trinajstić information content (AvgIpc) is 1.58. The molecule has 4 aromatic heterocycles. The number of imide groups is 1. The van der Waals surface area contributed by atoms with Gasteiger partial charge in [0.25, 0.3) is 11.8 Å². The predicted octanol–water partition coefficient (Wildman–Crippen LogP) is -0.293. The molecule has 0 bridgehead atoms. The summed E-state index contributed by atoms with van der Waals surface area (Å²) in [5.41, 5.74) is 1.42. The molecule has 0 aliphatic carbocycles. The van der Waals surface area contributed by atoms with Crippen molar-refractivity contribution >= 4 is 156 Å². The summed E-state index contributed by atoms with van der Waals surface area (Å²) in [5, 5.41) is 67.6. The van der Waals surface area contributed by atoms with Gasteiger partial charge in [0.1, 0.15) is 46.8 Å². The number of anilines is 2. The molecular formula is C93H124InN23O26S2. The Hall–Kier alpha value is -13.9. The minimum absolute atomic E-state index is 0.0158. The summed E-state index contributed by atoms with van der Waals surface area (Å²) in [7, 11) is -5.93. The molecule has 52 heteroatoms. The van der Waals surface area contributed by atoms with Crippen LogP contribution < -0.4 is 82.9 Å². The van der Waals surface area contributed by atoms with Crippen molar-refractivity contribution in [2.75, 3.05) is 148 Å². The molecule has 2 radical (unpaired) electrons. The zero-order chi connectivity index (χ0) is 106. The number of imidazole rings is 2. The number of pyridine rings is 2. The first-order valence-corrected chi connectivity index (χ1v) is 50.9. The van der Waals surface area contributed by atoms with Gasteiger partial charge >= 0.3 is 217 Å². The monoisotopic (exact) mass is 2160 g/mol. The number of carbonyl (C=O) groups is 13. The fraction of sp³-hybridized carbons (Fsp3) is 0.452. The number of nitrogens with one attached hydrogen (secondary N) is 14. The number of aromatic amines is 2. The number of carboxylic acid groups (broad SMARTS) is 3. The summed E-state index contributed by atoms with van der Waals surface area (Å²) in [6, 6.07) is 8.36. The Morgan fingerprint density at radius 2 is 0.897 bits per heavy atom. The van der Waals surface area contributed by atoms with E-state index in [0.29, 0.717) is 42.6 Å². The van der Waals surface area contributed by atoms with Gasteiger partial charge in [0, 0.05) is 127 Å². The second-order valence-electron chi connectivity index (χ2n) is 34.4. The van der Waals surface area contributed by atoms with Crippen LogP contribution in [0.2, 0.25) is 0 Å². The maximum absolute atomic E-state index is 14.8. The van der Waals surface area contributed by atoms with Gasteiger partial charge < -0.3 is 91.7 Å². The van der Waals surface area contributed by atoms with Gasteiger partial charge in [0.2, 0.25) is 60.4 Å². The van der Waals surface area contributed by atoms with E-state index in [2.05, 4.69) is 89.1 Å². The van der Waals surface area contributed by atoms with Crippen molar-refractivity contribution in [3.8, 4) is 11.5 Å². The number of urea groups is 1. The predicted molar refractivity (Wildman–Crippen MR) is 530 cm³/mol. The van der Waals surface area contributed by atoms with Crippen LogP contribution >= 0.6 is 0 Å². The van der Waals surface area contributed by atoms with Crippen molar-refractivity contribution < 1.29 is 112 Å². The number of hydrogen-bond acceptors (Lipinski definition) is 31. The maximum atomic E-state index is 14.8. The number of sulfonamides is 2. The third-order valence-corrected chi connectivity index (χ3v) is 27.6. The number of hydrogen-bond donors (Lipinski definition) is 18. The van der Waals surface area contributed by atoms with Gasteiger partial charge in [-0.05, 0) is 135 Å². The van der Waals surface area contributed by atoms with Gasteiger partial charge in [-0.25, -0.2) is 26.8 Å². The zero-order valence-corrected chi connectivity index (χ0v) is 86.6. The van der Waals surface area contributed by atoms with Gasteiger partial charge in [0.05, 0.1) is 34.0 Å². The topological polar surface area (TPSA) is 661 Å². The van der Waals surface area contributed by atoms with Crippen molar-refractivity contribution in [3.05, 3.63) is 175 Å². The Labute approximate surface area is 850 Å². The molecule has 2 unspecified atom stereocenters. The van der Waals surface area contributed by atoms with E-state index in [1.54, 1.807) is 113 Å². The molecule has 1 aliphatic heterocycles. The molecule has 1 saturated heterocycles. The Morgan fingerprint density at radius 1 is 0.503 bits per heavy atom. The van der Waals surface area contributed by atoms with E-state index < -0.39 is 171 Å². The van der Waals surface area contributed by atoms with Gasteiger partial charge in [0.15, 0.2) is 11.9 Å². The van der Waals surface area contributed by atoms with Gasteiger partial charge in [-0.15, -0.1) is 0 Å². The molecule has 4 aromatic carbocycles. The van der Waals surface area contributed by atoms with E-state index in [9.17, 15) is 109 Å².